The molecule has 2 heterocycles. The van der Waals surface area contributed by atoms with Crippen LogP contribution in [0.15, 0.2) is 48.3 Å². The lowest BCUT2D eigenvalue weighted by atomic mass is 9.95. The lowest BCUT2D eigenvalue weighted by Gasteiger charge is -2.30. The Balaban J connectivity index is 1.92. The van der Waals surface area contributed by atoms with Crippen molar-refractivity contribution < 1.29 is 24.2 Å². The molecule has 2 fully saturated rings. The van der Waals surface area contributed by atoms with Crippen molar-refractivity contribution in [2.45, 2.75) is 37.8 Å². The molecule has 0 bridgehead atoms. The van der Waals surface area contributed by atoms with Gasteiger partial charge in [-0.15, -0.1) is 0 Å². The molecule has 0 spiro atoms. The van der Waals surface area contributed by atoms with Crippen LogP contribution in [0.5, 0.6) is 11.5 Å². The minimum atomic E-state index is -0.697. The van der Waals surface area contributed by atoms with Gasteiger partial charge in [-0.3, -0.25) is 14.6 Å². The van der Waals surface area contributed by atoms with Crippen LogP contribution in [0.2, 0.25) is 0 Å². The average molecular weight is 408 g/mol. The van der Waals surface area contributed by atoms with Crippen LogP contribution in [0.25, 0.3) is 5.76 Å². The molecule has 156 valence electrons. The van der Waals surface area contributed by atoms with E-state index in [0.29, 0.717) is 22.6 Å². The number of Topliss-reactive ketones (excluding diaryl/α,β-unsaturated/α-hetero) is 1. The zero-order chi connectivity index (χ0) is 21.3. The third kappa shape index (κ3) is 3.30. The summed E-state index contributed by atoms with van der Waals surface area (Å²) in [6.45, 7) is 0. The van der Waals surface area contributed by atoms with Crippen LogP contribution in [0, 0.1) is 0 Å². The minimum Gasteiger partial charge on any atom is -0.507 e. The van der Waals surface area contributed by atoms with Crippen LogP contribution in [0.3, 0.4) is 0 Å². The number of aliphatic hydroxyl groups excluding tert-OH is 1. The second kappa shape index (κ2) is 8.18. The number of nitrogens with zero attached hydrogens (tertiary/aromatic N) is 2. The molecule has 1 atom stereocenters. The molecule has 0 radical (unpaired) electrons. The number of rotatable bonds is 5. The van der Waals surface area contributed by atoms with Gasteiger partial charge < -0.3 is 19.5 Å². The largest absolute Gasteiger partial charge is 0.507 e. The number of aromatic nitrogens is 1. The van der Waals surface area contributed by atoms with Gasteiger partial charge in [0.1, 0.15) is 17.3 Å². The van der Waals surface area contributed by atoms with Crippen LogP contribution >= 0.6 is 0 Å². The van der Waals surface area contributed by atoms with Crippen LogP contribution in [0.1, 0.15) is 42.9 Å². The van der Waals surface area contributed by atoms with Crippen molar-refractivity contribution in [2.75, 3.05) is 14.2 Å². The summed E-state index contributed by atoms with van der Waals surface area (Å²) < 4.78 is 10.7. The topological polar surface area (TPSA) is 89.0 Å². The second-order valence-electron chi connectivity index (χ2n) is 7.50. The summed E-state index contributed by atoms with van der Waals surface area (Å²) in [7, 11) is 2.99. The van der Waals surface area contributed by atoms with E-state index in [4.69, 9.17) is 9.47 Å². The number of methoxy groups -OCH3 is 2. The quantitative estimate of drug-likeness (QED) is 0.463. The average Bonchev–Trinajstić information content (AvgIpc) is 3.40. The number of hydrogen-bond donors (Lipinski definition) is 1. The fraction of sp³-hybridized carbons (Fsp3) is 0.348. The Morgan fingerprint density at radius 1 is 1.13 bits per heavy atom. The zero-order valence-electron chi connectivity index (χ0n) is 17.0. The van der Waals surface area contributed by atoms with Gasteiger partial charge >= 0.3 is 0 Å². The highest BCUT2D eigenvalue weighted by Gasteiger charge is 2.49. The first-order valence-electron chi connectivity index (χ1n) is 9.99. The van der Waals surface area contributed by atoms with Gasteiger partial charge in [0.15, 0.2) is 0 Å². The number of amides is 1. The van der Waals surface area contributed by atoms with E-state index in [1.54, 1.807) is 41.6 Å². The van der Waals surface area contributed by atoms with Crippen LogP contribution in [-0.2, 0) is 9.59 Å². The summed E-state index contributed by atoms with van der Waals surface area (Å²) in [5.74, 6) is -0.679. The van der Waals surface area contributed by atoms with Crippen molar-refractivity contribution in [1.82, 2.24) is 9.88 Å². The number of hydrogen-bond acceptors (Lipinski definition) is 6. The highest BCUT2D eigenvalue weighted by atomic mass is 16.5. The maximum atomic E-state index is 13.1. The molecule has 1 N–H and O–H groups in total. The maximum absolute atomic E-state index is 13.1. The van der Waals surface area contributed by atoms with Gasteiger partial charge in [0, 0.05) is 18.4 Å². The fourth-order valence-electron chi connectivity index (χ4n) is 4.42. The predicted octanol–water partition coefficient (Wildman–Crippen LogP) is 3.46. The Labute approximate surface area is 174 Å². The smallest absolute Gasteiger partial charge is 0.295 e. The van der Waals surface area contributed by atoms with Gasteiger partial charge in [-0.2, -0.15) is 0 Å². The van der Waals surface area contributed by atoms with Crippen molar-refractivity contribution in [3.8, 4) is 11.5 Å². The second-order valence-corrected chi connectivity index (χ2v) is 7.50. The molecule has 1 aliphatic carbocycles. The molecule has 4 rings (SSSR count). The molecule has 1 unspecified atom stereocenters. The van der Waals surface area contributed by atoms with E-state index in [-0.39, 0.29) is 17.4 Å². The van der Waals surface area contributed by atoms with Crippen molar-refractivity contribution >= 4 is 17.4 Å². The molecule has 1 saturated heterocycles. The Kier molecular flexibility index (Phi) is 5.44. The molecular weight excluding hydrogens is 384 g/mol. The molecule has 2 aliphatic rings. The normalized spacial score (nSPS) is 21.3. The molecule has 30 heavy (non-hydrogen) atoms. The number of ketones is 1. The van der Waals surface area contributed by atoms with Crippen LogP contribution in [0.4, 0.5) is 0 Å². The Morgan fingerprint density at radius 3 is 2.53 bits per heavy atom. The molecular formula is C23H24N2O5. The number of carbonyl (C=O) groups excluding carboxylic acids is 2. The maximum Gasteiger partial charge on any atom is 0.295 e. The first-order valence-corrected chi connectivity index (χ1v) is 9.99. The first kappa shape index (κ1) is 19.9. The molecule has 1 amide bonds. The standard InChI is InChI=1S/C23H24N2O5/c1-29-16-9-10-18(30-2)17(12-16)21(26)19-20(14-6-5-11-24-13-14)25(23(28)22(19)27)15-7-3-4-8-15/h5-6,9-13,15,20,26H,3-4,7-8H2,1-2H3/b21-19+. The van der Waals surface area contributed by atoms with E-state index in [9.17, 15) is 14.7 Å². The van der Waals surface area contributed by atoms with E-state index in [1.165, 1.54) is 14.2 Å². The van der Waals surface area contributed by atoms with Crippen LogP contribution in [-0.4, -0.2) is 46.9 Å². The highest BCUT2D eigenvalue weighted by Crippen LogP contribution is 2.44. The highest BCUT2D eigenvalue weighted by molar-refractivity contribution is 6.46. The third-order valence-corrected chi connectivity index (χ3v) is 5.86. The summed E-state index contributed by atoms with van der Waals surface area (Å²) >= 11 is 0. The van der Waals surface area contributed by atoms with Crippen molar-refractivity contribution in [3.05, 3.63) is 59.4 Å². The van der Waals surface area contributed by atoms with Gasteiger partial charge in [0.25, 0.3) is 11.7 Å². The van der Waals surface area contributed by atoms with Gasteiger partial charge in [0.05, 0.1) is 31.4 Å². The van der Waals surface area contributed by atoms with E-state index < -0.39 is 17.7 Å². The SMILES string of the molecule is COc1ccc(OC)c(/C(O)=C2\C(=O)C(=O)N(C3CCCC3)C2c2cccnc2)c1. The monoisotopic (exact) mass is 408 g/mol. The van der Waals surface area contributed by atoms with Crippen molar-refractivity contribution in [3.63, 3.8) is 0 Å². The van der Waals surface area contributed by atoms with Gasteiger partial charge in [-0.25, -0.2) is 0 Å². The van der Waals surface area contributed by atoms with Crippen molar-refractivity contribution in [1.29, 1.82) is 0 Å². The lowest BCUT2D eigenvalue weighted by molar-refractivity contribution is -0.141. The fourth-order valence-corrected chi connectivity index (χ4v) is 4.42. The molecule has 7 heteroatoms. The zero-order valence-corrected chi connectivity index (χ0v) is 17.0. The third-order valence-electron chi connectivity index (χ3n) is 5.86. The van der Waals surface area contributed by atoms with Gasteiger partial charge in [0.2, 0.25) is 0 Å². The summed E-state index contributed by atoms with van der Waals surface area (Å²) in [6, 6.07) is 7.79. The first-order chi connectivity index (χ1) is 14.6. The molecule has 1 aromatic heterocycles. The van der Waals surface area contributed by atoms with E-state index >= 15 is 0 Å². The van der Waals surface area contributed by atoms with Crippen molar-refractivity contribution in [2.24, 2.45) is 0 Å². The number of ether oxygens (including phenoxy) is 2. The molecule has 1 aliphatic heterocycles. The predicted molar refractivity (Wildman–Crippen MR) is 110 cm³/mol. The van der Waals surface area contributed by atoms with Gasteiger partial charge in [-0.1, -0.05) is 18.9 Å². The van der Waals surface area contributed by atoms with Gasteiger partial charge in [-0.05, 0) is 42.7 Å². The Bertz CT molecular complexity index is 996. The molecule has 1 aromatic carbocycles. The van der Waals surface area contributed by atoms with E-state index in [1.807, 2.05) is 6.07 Å². The number of pyridine rings is 1. The minimum absolute atomic E-state index is 0.0378. The van der Waals surface area contributed by atoms with Crippen LogP contribution < -0.4 is 9.47 Å². The molecule has 2 aromatic rings. The number of aliphatic hydroxyl groups is 1. The summed E-state index contributed by atoms with van der Waals surface area (Å²) in [6.07, 6.45) is 6.97. The molecule has 7 nitrogen and oxygen atoms in total. The number of carbonyl (C=O) groups is 2. The summed E-state index contributed by atoms with van der Waals surface area (Å²) in [5.41, 5.74) is 1.04. The molecule has 1 saturated carbocycles. The summed E-state index contributed by atoms with van der Waals surface area (Å²) in [4.78, 5) is 32.0. The number of benzene rings is 1. The lowest BCUT2D eigenvalue weighted by Crippen LogP contribution is -2.37. The number of likely N-dealkylation sites (tertiary alicyclic amines) is 1. The Hall–Kier alpha value is -3.35. The Morgan fingerprint density at radius 2 is 1.90 bits per heavy atom. The van der Waals surface area contributed by atoms with E-state index in [2.05, 4.69) is 4.98 Å². The summed E-state index contributed by atoms with van der Waals surface area (Å²) in [5, 5.41) is 11.3. The van der Waals surface area contributed by atoms with E-state index in [0.717, 1.165) is 25.7 Å².